The number of aromatic amines is 1. The predicted octanol–water partition coefficient (Wildman–Crippen LogP) is 2.77. The van der Waals surface area contributed by atoms with Gasteiger partial charge < -0.3 is 10.1 Å². The first-order valence-electron chi connectivity index (χ1n) is 8.61. The molecule has 0 aliphatic carbocycles. The molecule has 0 saturated carbocycles. The molecule has 2 N–H and O–H groups in total. The van der Waals surface area contributed by atoms with Crippen molar-refractivity contribution in [3.8, 4) is 17.1 Å². The molecule has 0 aliphatic heterocycles. The molecule has 0 radical (unpaired) electrons. The second-order valence-corrected chi connectivity index (χ2v) is 5.92. The molecular formula is C20H22N4O2. The predicted molar refractivity (Wildman–Crippen MR) is 99.8 cm³/mol. The quantitative estimate of drug-likeness (QED) is 0.655. The highest BCUT2D eigenvalue weighted by molar-refractivity contribution is 5.76. The maximum atomic E-state index is 12.0. The van der Waals surface area contributed by atoms with E-state index in [2.05, 4.69) is 20.5 Å². The highest BCUT2D eigenvalue weighted by atomic mass is 16.5. The first kappa shape index (κ1) is 17.7. The molecule has 0 spiro atoms. The van der Waals surface area contributed by atoms with E-state index in [0.29, 0.717) is 31.6 Å². The summed E-state index contributed by atoms with van der Waals surface area (Å²) in [5.74, 6) is 2.29. The number of methoxy groups -OCH3 is 1. The van der Waals surface area contributed by atoms with Gasteiger partial charge in [0.1, 0.15) is 11.6 Å². The minimum atomic E-state index is 0.0311. The van der Waals surface area contributed by atoms with Crippen LogP contribution in [0.4, 0.5) is 0 Å². The molecule has 0 bridgehead atoms. The highest BCUT2D eigenvalue weighted by Gasteiger charge is 2.07. The molecule has 0 saturated heterocycles. The molecule has 3 aromatic rings. The Morgan fingerprint density at radius 2 is 1.85 bits per heavy atom. The second kappa shape index (κ2) is 8.80. The fraction of sp³-hybridized carbons (Fsp3) is 0.250. The van der Waals surface area contributed by atoms with Crippen molar-refractivity contribution < 1.29 is 9.53 Å². The van der Waals surface area contributed by atoms with Gasteiger partial charge in [0.25, 0.3) is 0 Å². The summed E-state index contributed by atoms with van der Waals surface area (Å²) in [5, 5.41) is 10.1. The van der Waals surface area contributed by atoms with Crippen LogP contribution in [0, 0.1) is 0 Å². The lowest BCUT2D eigenvalue weighted by atomic mass is 10.1. The first-order valence-corrected chi connectivity index (χ1v) is 8.61. The molecule has 0 aliphatic rings. The Labute approximate surface area is 152 Å². The van der Waals surface area contributed by atoms with Crippen LogP contribution in [0.2, 0.25) is 0 Å². The number of aromatic nitrogens is 3. The summed E-state index contributed by atoms with van der Waals surface area (Å²) in [4.78, 5) is 16.4. The van der Waals surface area contributed by atoms with Gasteiger partial charge >= 0.3 is 0 Å². The van der Waals surface area contributed by atoms with Crippen molar-refractivity contribution in [2.24, 2.45) is 0 Å². The van der Waals surface area contributed by atoms with E-state index in [4.69, 9.17) is 4.74 Å². The standard InChI is InChI=1S/C20H22N4O2/c1-26-17-10-7-15(8-11-17)9-12-19(25)21-14-13-18-22-20(24-23-18)16-5-3-2-4-6-16/h2-8,10-11H,9,12-14H2,1H3,(H,21,25)(H,22,23,24). The van der Waals surface area contributed by atoms with Crippen LogP contribution in [0.15, 0.2) is 54.6 Å². The normalized spacial score (nSPS) is 10.5. The molecule has 2 aromatic carbocycles. The number of nitrogens with zero attached hydrogens (tertiary/aromatic N) is 2. The van der Waals surface area contributed by atoms with Gasteiger partial charge in [-0.3, -0.25) is 9.89 Å². The van der Waals surface area contributed by atoms with Gasteiger partial charge in [0.15, 0.2) is 5.82 Å². The highest BCUT2D eigenvalue weighted by Crippen LogP contribution is 2.14. The average molecular weight is 350 g/mol. The van der Waals surface area contributed by atoms with Gasteiger partial charge in [0.05, 0.1) is 7.11 Å². The van der Waals surface area contributed by atoms with Crippen molar-refractivity contribution in [1.29, 1.82) is 0 Å². The second-order valence-electron chi connectivity index (χ2n) is 5.92. The van der Waals surface area contributed by atoms with Crippen molar-refractivity contribution in [1.82, 2.24) is 20.5 Å². The van der Waals surface area contributed by atoms with E-state index in [9.17, 15) is 4.79 Å². The van der Waals surface area contributed by atoms with E-state index >= 15 is 0 Å². The zero-order valence-electron chi connectivity index (χ0n) is 14.7. The fourth-order valence-electron chi connectivity index (χ4n) is 2.58. The van der Waals surface area contributed by atoms with E-state index in [-0.39, 0.29) is 5.91 Å². The van der Waals surface area contributed by atoms with Gasteiger partial charge in [0.2, 0.25) is 5.91 Å². The number of carbonyl (C=O) groups excluding carboxylic acids is 1. The Morgan fingerprint density at radius 3 is 2.58 bits per heavy atom. The maximum absolute atomic E-state index is 12.0. The summed E-state index contributed by atoms with van der Waals surface area (Å²) < 4.78 is 5.13. The van der Waals surface area contributed by atoms with Crippen molar-refractivity contribution in [2.45, 2.75) is 19.3 Å². The van der Waals surface area contributed by atoms with Gasteiger partial charge in [-0.25, -0.2) is 4.98 Å². The topological polar surface area (TPSA) is 79.9 Å². The maximum Gasteiger partial charge on any atom is 0.220 e. The van der Waals surface area contributed by atoms with Gasteiger partial charge in [-0.05, 0) is 24.1 Å². The van der Waals surface area contributed by atoms with E-state index in [0.717, 1.165) is 22.7 Å². The monoisotopic (exact) mass is 350 g/mol. The van der Waals surface area contributed by atoms with Crippen LogP contribution >= 0.6 is 0 Å². The molecule has 0 fully saturated rings. The largest absolute Gasteiger partial charge is 0.497 e. The SMILES string of the molecule is COc1ccc(CCC(=O)NCCc2nc(-c3ccccc3)n[nH]2)cc1. The van der Waals surface area contributed by atoms with Crippen LogP contribution in [-0.2, 0) is 17.6 Å². The lowest BCUT2D eigenvalue weighted by Crippen LogP contribution is -2.26. The van der Waals surface area contributed by atoms with E-state index in [1.165, 1.54) is 0 Å². The van der Waals surface area contributed by atoms with Gasteiger partial charge in [-0.1, -0.05) is 42.5 Å². The molecule has 134 valence electrons. The number of amides is 1. The molecular weight excluding hydrogens is 328 g/mol. The van der Waals surface area contributed by atoms with Crippen molar-refractivity contribution in [2.75, 3.05) is 13.7 Å². The van der Waals surface area contributed by atoms with Crippen LogP contribution in [0.5, 0.6) is 5.75 Å². The van der Waals surface area contributed by atoms with E-state index in [1.54, 1.807) is 7.11 Å². The zero-order chi connectivity index (χ0) is 18.2. The molecule has 0 atom stereocenters. The zero-order valence-corrected chi connectivity index (χ0v) is 14.7. The molecule has 1 amide bonds. The molecule has 3 rings (SSSR count). The Kier molecular flexibility index (Phi) is 5.98. The lowest BCUT2D eigenvalue weighted by Gasteiger charge is -2.05. The lowest BCUT2D eigenvalue weighted by molar-refractivity contribution is -0.121. The Bertz CT molecular complexity index is 829. The minimum Gasteiger partial charge on any atom is -0.497 e. The molecule has 0 unspecified atom stereocenters. The van der Waals surface area contributed by atoms with Crippen LogP contribution < -0.4 is 10.1 Å². The summed E-state index contributed by atoms with van der Waals surface area (Å²) in [6, 6.07) is 17.6. The Balaban J connectivity index is 1.40. The number of nitrogens with one attached hydrogen (secondary N) is 2. The molecule has 1 aromatic heterocycles. The summed E-state index contributed by atoms with van der Waals surface area (Å²) in [6.45, 7) is 0.533. The van der Waals surface area contributed by atoms with Gasteiger partial charge in [-0.15, -0.1) is 0 Å². The third kappa shape index (κ3) is 4.92. The number of carbonyl (C=O) groups is 1. The molecule has 6 heteroatoms. The minimum absolute atomic E-state index is 0.0311. The number of hydrogen-bond donors (Lipinski definition) is 2. The summed E-state index contributed by atoms with van der Waals surface area (Å²) in [5.41, 5.74) is 2.09. The Hall–Kier alpha value is -3.15. The number of rotatable bonds is 8. The van der Waals surface area contributed by atoms with E-state index in [1.807, 2.05) is 54.6 Å². The third-order valence-electron chi connectivity index (χ3n) is 4.05. The van der Waals surface area contributed by atoms with Crippen molar-refractivity contribution in [3.05, 3.63) is 66.0 Å². The Morgan fingerprint density at radius 1 is 1.08 bits per heavy atom. The van der Waals surface area contributed by atoms with Crippen LogP contribution in [0.25, 0.3) is 11.4 Å². The van der Waals surface area contributed by atoms with E-state index < -0.39 is 0 Å². The van der Waals surface area contributed by atoms with Crippen LogP contribution in [0.1, 0.15) is 17.8 Å². The molecule has 26 heavy (non-hydrogen) atoms. The van der Waals surface area contributed by atoms with Crippen LogP contribution in [-0.4, -0.2) is 34.7 Å². The summed E-state index contributed by atoms with van der Waals surface area (Å²) >= 11 is 0. The summed E-state index contributed by atoms with van der Waals surface area (Å²) in [6.07, 6.45) is 1.78. The smallest absolute Gasteiger partial charge is 0.220 e. The van der Waals surface area contributed by atoms with Crippen molar-refractivity contribution in [3.63, 3.8) is 0 Å². The number of aryl methyl sites for hydroxylation is 1. The van der Waals surface area contributed by atoms with Gasteiger partial charge in [-0.2, -0.15) is 5.10 Å². The number of benzene rings is 2. The van der Waals surface area contributed by atoms with Crippen molar-refractivity contribution >= 4 is 5.91 Å². The van der Waals surface area contributed by atoms with Gasteiger partial charge in [0, 0.05) is 24.9 Å². The van der Waals surface area contributed by atoms with Crippen LogP contribution in [0.3, 0.4) is 0 Å². The average Bonchev–Trinajstić information content (AvgIpc) is 3.16. The molecule has 6 nitrogen and oxygen atoms in total. The number of ether oxygens (including phenoxy) is 1. The third-order valence-corrected chi connectivity index (χ3v) is 4.05. The fourth-order valence-corrected chi connectivity index (χ4v) is 2.58. The number of hydrogen-bond acceptors (Lipinski definition) is 4. The summed E-state index contributed by atoms with van der Waals surface area (Å²) in [7, 11) is 1.64. The first-order chi connectivity index (χ1) is 12.7. The molecule has 1 heterocycles. The number of H-pyrrole nitrogens is 1.